The van der Waals surface area contributed by atoms with Crippen LogP contribution in [-0.4, -0.2) is 23.1 Å². The van der Waals surface area contributed by atoms with Crippen molar-refractivity contribution in [2.24, 2.45) is 5.73 Å². The third-order valence-electron chi connectivity index (χ3n) is 3.39. The number of hydrogen-bond acceptors (Lipinski definition) is 3. The Morgan fingerprint density at radius 1 is 1.32 bits per heavy atom. The highest BCUT2D eigenvalue weighted by molar-refractivity contribution is 5.66. The highest BCUT2D eigenvalue weighted by Gasteiger charge is 2.11. The van der Waals surface area contributed by atoms with Crippen LogP contribution in [0.1, 0.15) is 23.9 Å². The van der Waals surface area contributed by atoms with Crippen molar-refractivity contribution in [2.45, 2.75) is 33.2 Å². The molecule has 4 nitrogen and oxygen atoms in total. The molecule has 0 radical (unpaired) electrons. The number of hydrogen-bond donors (Lipinski definition) is 2. The van der Waals surface area contributed by atoms with E-state index in [9.17, 15) is 0 Å². The Balaban J connectivity index is 2.37. The second-order valence-electron chi connectivity index (χ2n) is 4.99. The standard InChI is InChI=1S/C15H21N3O/c1-9(16)7-15-17-8-13(18-15)12-5-6-14(19-4)11(3)10(12)2/h5-6,8-9H,7,16H2,1-4H3,(H,17,18). The first kappa shape index (κ1) is 13.6. The van der Waals surface area contributed by atoms with E-state index in [4.69, 9.17) is 10.5 Å². The number of H-pyrrole nitrogens is 1. The van der Waals surface area contributed by atoms with Crippen molar-refractivity contribution in [1.29, 1.82) is 0 Å². The molecular formula is C15H21N3O. The molecule has 0 aliphatic heterocycles. The van der Waals surface area contributed by atoms with Gasteiger partial charge in [0.05, 0.1) is 19.0 Å². The molecule has 2 aromatic rings. The molecule has 0 amide bonds. The van der Waals surface area contributed by atoms with E-state index in [1.165, 1.54) is 5.56 Å². The molecule has 2 rings (SSSR count). The van der Waals surface area contributed by atoms with E-state index < -0.39 is 0 Å². The van der Waals surface area contributed by atoms with Gasteiger partial charge in [0.25, 0.3) is 0 Å². The van der Waals surface area contributed by atoms with Crippen LogP contribution in [-0.2, 0) is 6.42 Å². The van der Waals surface area contributed by atoms with Crippen molar-refractivity contribution in [3.8, 4) is 17.0 Å². The molecule has 1 aromatic carbocycles. The zero-order chi connectivity index (χ0) is 14.0. The number of nitrogens with two attached hydrogens (primary N) is 1. The second kappa shape index (κ2) is 5.45. The molecule has 0 saturated carbocycles. The predicted molar refractivity (Wildman–Crippen MR) is 77.4 cm³/mol. The number of methoxy groups -OCH3 is 1. The smallest absolute Gasteiger partial charge is 0.122 e. The maximum atomic E-state index is 5.79. The third kappa shape index (κ3) is 2.79. The number of nitrogens with zero attached hydrogens (tertiary/aromatic N) is 1. The number of benzene rings is 1. The van der Waals surface area contributed by atoms with Crippen molar-refractivity contribution in [3.63, 3.8) is 0 Å². The lowest BCUT2D eigenvalue weighted by Crippen LogP contribution is -2.18. The van der Waals surface area contributed by atoms with Gasteiger partial charge in [0.1, 0.15) is 11.6 Å². The van der Waals surface area contributed by atoms with Crippen molar-refractivity contribution < 1.29 is 4.74 Å². The Kier molecular flexibility index (Phi) is 3.90. The van der Waals surface area contributed by atoms with Crippen LogP contribution in [0.5, 0.6) is 5.75 Å². The molecule has 0 spiro atoms. The number of rotatable bonds is 4. The lowest BCUT2D eigenvalue weighted by Gasteiger charge is -2.11. The molecular weight excluding hydrogens is 238 g/mol. The maximum absolute atomic E-state index is 5.79. The van der Waals surface area contributed by atoms with Gasteiger partial charge in [-0.05, 0) is 44.0 Å². The van der Waals surface area contributed by atoms with Gasteiger partial charge in [-0.2, -0.15) is 0 Å². The summed E-state index contributed by atoms with van der Waals surface area (Å²) in [5.74, 6) is 1.84. The van der Waals surface area contributed by atoms with Gasteiger partial charge in [-0.15, -0.1) is 0 Å². The maximum Gasteiger partial charge on any atom is 0.122 e. The third-order valence-corrected chi connectivity index (χ3v) is 3.39. The molecule has 1 aromatic heterocycles. The van der Waals surface area contributed by atoms with E-state index in [2.05, 4.69) is 29.9 Å². The van der Waals surface area contributed by atoms with E-state index in [1.54, 1.807) is 7.11 Å². The summed E-state index contributed by atoms with van der Waals surface area (Å²) in [6.45, 7) is 6.14. The van der Waals surface area contributed by atoms with Crippen molar-refractivity contribution in [3.05, 3.63) is 35.3 Å². The topological polar surface area (TPSA) is 63.9 Å². The largest absolute Gasteiger partial charge is 0.496 e. The molecule has 102 valence electrons. The SMILES string of the molecule is COc1ccc(-c2cnc(CC(C)N)[nH]2)c(C)c1C. The lowest BCUT2D eigenvalue weighted by atomic mass is 10.0. The Bertz CT molecular complexity index is 573. The van der Waals surface area contributed by atoms with E-state index in [0.717, 1.165) is 34.8 Å². The summed E-state index contributed by atoms with van der Waals surface area (Å²) in [5.41, 5.74) is 10.3. The quantitative estimate of drug-likeness (QED) is 0.887. The van der Waals surface area contributed by atoms with Crippen LogP contribution in [0.2, 0.25) is 0 Å². The van der Waals surface area contributed by atoms with Crippen molar-refractivity contribution in [2.75, 3.05) is 7.11 Å². The molecule has 0 bridgehead atoms. The highest BCUT2D eigenvalue weighted by Crippen LogP contribution is 2.30. The van der Waals surface area contributed by atoms with Crippen LogP contribution in [0.25, 0.3) is 11.3 Å². The van der Waals surface area contributed by atoms with Gasteiger partial charge in [-0.25, -0.2) is 4.98 Å². The Hall–Kier alpha value is -1.81. The summed E-state index contributed by atoms with van der Waals surface area (Å²) in [4.78, 5) is 7.71. The summed E-state index contributed by atoms with van der Waals surface area (Å²) >= 11 is 0. The average Bonchev–Trinajstić information content (AvgIpc) is 2.80. The number of aromatic amines is 1. The average molecular weight is 259 g/mol. The Morgan fingerprint density at radius 2 is 2.05 bits per heavy atom. The molecule has 1 unspecified atom stereocenters. The molecule has 4 heteroatoms. The fourth-order valence-electron chi connectivity index (χ4n) is 2.22. The monoisotopic (exact) mass is 259 g/mol. The number of ether oxygens (including phenoxy) is 1. The molecule has 3 N–H and O–H groups in total. The van der Waals surface area contributed by atoms with Crippen LogP contribution in [0, 0.1) is 13.8 Å². The fraction of sp³-hybridized carbons (Fsp3) is 0.400. The van der Waals surface area contributed by atoms with E-state index in [0.29, 0.717) is 0 Å². The van der Waals surface area contributed by atoms with Crippen molar-refractivity contribution in [1.82, 2.24) is 9.97 Å². The molecule has 0 aliphatic carbocycles. The summed E-state index contributed by atoms with van der Waals surface area (Å²) in [7, 11) is 1.69. The fourth-order valence-corrected chi connectivity index (χ4v) is 2.22. The van der Waals surface area contributed by atoms with Crippen LogP contribution < -0.4 is 10.5 Å². The van der Waals surface area contributed by atoms with Gasteiger partial charge < -0.3 is 15.5 Å². The predicted octanol–water partition coefficient (Wildman–Crippen LogP) is 2.59. The minimum atomic E-state index is 0.109. The first-order valence-corrected chi connectivity index (χ1v) is 6.47. The Labute approximate surface area is 114 Å². The normalized spacial score (nSPS) is 12.5. The summed E-state index contributed by atoms with van der Waals surface area (Å²) in [6.07, 6.45) is 2.63. The number of aromatic nitrogens is 2. The van der Waals surface area contributed by atoms with Crippen LogP contribution in [0.3, 0.4) is 0 Å². The van der Waals surface area contributed by atoms with Crippen LogP contribution in [0.15, 0.2) is 18.3 Å². The van der Waals surface area contributed by atoms with Crippen LogP contribution >= 0.6 is 0 Å². The van der Waals surface area contributed by atoms with Gasteiger partial charge in [0.2, 0.25) is 0 Å². The van der Waals surface area contributed by atoms with Gasteiger partial charge >= 0.3 is 0 Å². The zero-order valence-electron chi connectivity index (χ0n) is 11.9. The Morgan fingerprint density at radius 3 is 2.68 bits per heavy atom. The summed E-state index contributed by atoms with van der Waals surface area (Å²) in [6, 6.07) is 4.16. The molecule has 0 fully saturated rings. The van der Waals surface area contributed by atoms with Gasteiger partial charge in [0.15, 0.2) is 0 Å². The summed E-state index contributed by atoms with van der Waals surface area (Å²) in [5, 5.41) is 0. The minimum Gasteiger partial charge on any atom is -0.496 e. The van der Waals surface area contributed by atoms with Gasteiger partial charge in [0, 0.05) is 18.0 Å². The summed E-state index contributed by atoms with van der Waals surface area (Å²) < 4.78 is 5.33. The second-order valence-corrected chi connectivity index (χ2v) is 4.99. The first-order chi connectivity index (χ1) is 9.02. The molecule has 0 aliphatic rings. The molecule has 19 heavy (non-hydrogen) atoms. The van der Waals surface area contributed by atoms with E-state index in [1.807, 2.05) is 19.2 Å². The van der Waals surface area contributed by atoms with Gasteiger partial charge in [-0.3, -0.25) is 0 Å². The van der Waals surface area contributed by atoms with E-state index in [-0.39, 0.29) is 6.04 Å². The lowest BCUT2D eigenvalue weighted by molar-refractivity contribution is 0.411. The number of nitrogens with one attached hydrogen (secondary N) is 1. The molecule has 1 atom stereocenters. The van der Waals surface area contributed by atoms with E-state index >= 15 is 0 Å². The first-order valence-electron chi connectivity index (χ1n) is 6.47. The zero-order valence-corrected chi connectivity index (χ0v) is 11.9. The highest BCUT2D eigenvalue weighted by atomic mass is 16.5. The van der Waals surface area contributed by atoms with Gasteiger partial charge in [-0.1, -0.05) is 0 Å². The molecule has 1 heterocycles. The number of imidazole rings is 1. The minimum absolute atomic E-state index is 0.109. The van der Waals surface area contributed by atoms with Crippen molar-refractivity contribution >= 4 is 0 Å². The van der Waals surface area contributed by atoms with Crippen LogP contribution in [0.4, 0.5) is 0 Å². The molecule has 0 saturated heterocycles.